The predicted octanol–water partition coefficient (Wildman–Crippen LogP) is 4.43. The van der Waals surface area contributed by atoms with E-state index in [0.29, 0.717) is 5.69 Å². The monoisotopic (exact) mass is 324 g/mol. The van der Waals surface area contributed by atoms with E-state index >= 15 is 0 Å². The molecule has 0 aliphatic heterocycles. The number of aromatic nitrogens is 1. The molecule has 1 atom stereocenters. The number of carbonyl (C=O) groups is 1. The fourth-order valence-corrected chi connectivity index (χ4v) is 2.75. The van der Waals surface area contributed by atoms with E-state index in [1.807, 2.05) is 61.5 Å². The largest absolute Gasteiger partial charge is 0.457 e. The number of rotatable bonds is 5. The molecule has 2 aromatic carbocycles. The molecule has 116 valence electrons. The van der Waals surface area contributed by atoms with E-state index in [0.717, 1.165) is 17.1 Å². The maximum absolute atomic E-state index is 12.2. The van der Waals surface area contributed by atoms with Crippen molar-refractivity contribution in [2.24, 2.45) is 0 Å². The van der Waals surface area contributed by atoms with Gasteiger partial charge in [0.25, 0.3) is 5.91 Å². The molecule has 0 aliphatic rings. The molecule has 1 amide bonds. The number of hydrogen-bond acceptors (Lipinski definition) is 4. The van der Waals surface area contributed by atoms with Crippen molar-refractivity contribution in [1.29, 1.82) is 0 Å². The molecule has 1 heterocycles. The fraction of sp³-hybridized carbons (Fsp3) is 0.111. The van der Waals surface area contributed by atoms with Gasteiger partial charge in [-0.25, -0.2) is 4.98 Å². The van der Waals surface area contributed by atoms with Crippen molar-refractivity contribution in [2.75, 3.05) is 0 Å². The normalized spacial score (nSPS) is 11.7. The van der Waals surface area contributed by atoms with Gasteiger partial charge in [0.05, 0.1) is 11.6 Å². The first kappa shape index (κ1) is 15.2. The third-order valence-corrected chi connectivity index (χ3v) is 3.96. The molecule has 0 fully saturated rings. The second-order valence-corrected chi connectivity index (χ2v) is 5.74. The third-order valence-electron chi connectivity index (χ3n) is 3.37. The lowest BCUT2D eigenvalue weighted by Crippen LogP contribution is -2.27. The minimum absolute atomic E-state index is 0.187. The van der Waals surface area contributed by atoms with Gasteiger partial charge < -0.3 is 10.1 Å². The number of benzene rings is 2. The van der Waals surface area contributed by atoms with E-state index in [4.69, 9.17) is 4.74 Å². The Morgan fingerprint density at radius 1 is 1.13 bits per heavy atom. The molecule has 0 saturated carbocycles. The lowest BCUT2D eigenvalue weighted by Gasteiger charge is -2.17. The van der Waals surface area contributed by atoms with Crippen molar-refractivity contribution in [1.82, 2.24) is 10.3 Å². The van der Waals surface area contributed by atoms with Gasteiger partial charge in [0.15, 0.2) is 0 Å². The molecule has 0 radical (unpaired) electrons. The van der Waals surface area contributed by atoms with Crippen molar-refractivity contribution >= 4 is 17.2 Å². The van der Waals surface area contributed by atoms with Crippen LogP contribution < -0.4 is 10.1 Å². The fourth-order valence-electron chi connectivity index (χ4n) is 2.22. The molecule has 0 aliphatic carbocycles. The zero-order valence-corrected chi connectivity index (χ0v) is 13.4. The Hall–Kier alpha value is -2.66. The Bertz CT molecular complexity index is 773. The second-order valence-electron chi connectivity index (χ2n) is 5.02. The van der Waals surface area contributed by atoms with Gasteiger partial charge >= 0.3 is 0 Å². The number of amides is 1. The zero-order valence-electron chi connectivity index (χ0n) is 12.6. The summed E-state index contributed by atoms with van der Waals surface area (Å²) >= 11 is 1.40. The van der Waals surface area contributed by atoms with Crippen LogP contribution in [0.1, 0.15) is 29.0 Å². The summed E-state index contributed by atoms with van der Waals surface area (Å²) in [5.74, 6) is 1.30. The molecule has 1 N–H and O–H groups in total. The molecule has 1 unspecified atom stereocenters. The Morgan fingerprint density at radius 3 is 2.61 bits per heavy atom. The van der Waals surface area contributed by atoms with Crippen molar-refractivity contribution < 1.29 is 9.53 Å². The number of nitrogens with one attached hydrogen (secondary N) is 1. The molecular weight excluding hydrogens is 308 g/mol. The van der Waals surface area contributed by atoms with E-state index < -0.39 is 0 Å². The third kappa shape index (κ3) is 3.76. The van der Waals surface area contributed by atoms with Gasteiger partial charge in [-0.2, -0.15) is 0 Å². The number of carbonyl (C=O) groups excluding carboxylic acids is 1. The Kier molecular flexibility index (Phi) is 4.68. The van der Waals surface area contributed by atoms with Crippen LogP contribution in [-0.4, -0.2) is 10.9 Å². The Morgan fingerprint density at radius 2 is 1.87 bits per heavy atom. The molecule has 0 bridgehead atoms. The summed E-state index contributed by atoms with van der Waals surface area (Å²) in [4.78, 5) is 16.2. The number of ether oxygens (including phenoxy) is 1. The van der Waals surface area contributed by atoms with E-state index in [2.05, 4.69) is 10.3 Å². The Balaban J connectivity index is 1.78. The average molecular weight is 324 g/mol. The van der Waals surface area contributed by atoms with Crippen LogP contribution >= 0.6 is 11.3 Å². The van der Waals surface area contributed by atoms with E-state index in [-0.39, 0.29) is 11.9 Å². The quantitative estimate of drug-likeness (QED) is 0.755. The molecule has 1 aromatic heterocycles. The average Bonchev–Trinajstić information content (AvgIpc) is 3.11. The lowest BCUT2D eigenvalue weighted by atomic mass is 10.1. The Labute approximate surface area is 138 Å². The number of thiazole rings is 1. The summed E-state index contributed by atoms with van der Waals surface area (Å²) in [6, 6.07) is 17.1. The first-order chi connectivity index (χ1) is 11.2. The van der Waals surface area contributed by atoms with Gasteiger partial charge in [-0.3, -0.25) is 4.79 Å². The maximum atomic E-state index is 12.2. The van der Waals surface area contributed by atoms with Gasteiger partial charge in [0.2, 0.25) is 0 Å². The molecule has 3 rings (SSSR count). The summed E-state index contributed by atoms with van der Waals surface area (Å²) in [6.07, 6.45) is 0. The summed E-state index contributed by atoms with van der Waals surface area (Å²) < 4.78 is 5.94. The summed E-state index contributed by atoms with van der Waals surface area (Å²) in [5, 5.41) is 4.68. The molecule has 23 heavy (non-hydrogen) atoms. The van der Waals surface area contributed by atoms with E-state index in [9.17, 15) is 4.79 Å². The number of hydrogen-bond donors (Lipinski definition) is 1. The van der Waals surface area contributed by atoms with Crippen LogP contribution in [0.25, 0.3) is 0 Å². The SMILES string of the molecule is CC(NC(=O)c1cscn1)c1ccccc1Oc1ccccc1. The minimum Gasteiger partial charge on any atom is -0.457 e. The van der Waals surface area contributed by atoms with Gasteiger partial charge in [-0.1, -0.05) is 36.4 Å². The molecule has 0 spiro atoms. The number of para-hydroxylation sites is 2. The van der Waals surface area contributed by atoms with Gasteiger partial charge in [0, 0.05) is 10.9 Å². The van der Waals surface area contributed by atoms with E-state index in [1.165, 1.54) is 11.3 Å². The number of nitrogens with zero attached hydrogens (tertiary/aromatic N) is 1. The standard InChI is InChI=1S/C18H16N2O2S/c1-13(20-18(21)16-11-23-12-19-16)15-9-5-6-10-17(15)22-14-7-3-2-4-8-14/h2-13H,1H3,(H,20,21). The second kappa shape index (κ2) is 7.07. The molecule has 4 nitrogen and oxygen atoms in total. The highest BCUT2D eigenvalue weighted by molar-refractivity contribution is 7.07. The molecule has 0 saturated heterocycles. The predicted molar refractivity (Wildman–Crippen MR) is 91.0 cm³/mol. The van der Waals surface area contributed by atoms with Gasteiger partial charge in [-0.05, 0) is 25.1 Å². The molecular formula is C18H16N2O2S. The van der Waals surface area contributed by atoms with Crippen molar-refractivity contribution in [3.63, 3.8) is 0 Å². The summed E-state index contributed by atoms with van der Waals surface area (Å²) in [5.41, 5.74) is 3.00. The van der Waals surface area contributed by atoms with Crippen LogP contribution in [0.4, 0.5) is 0 Å². The van der Waals surface area contributed by atoms with Crippen LogP contribution in [0, 0.1) is 0 Å². The lowest BCUT2D eigenvalue weighted by molar-refractivity contribution is 0.0935. The topological polar surface area (TPSA) is 51.2 Å². The van der Waals surface area contributed by atoms with Crippen molar-refractivity contribution in [3.8, 4) is 11.5 Å². The molecule has 5 heteroatoms. The maximum Gasteiger partial charge on any atom is 0.271 e. The van der Waals surface area contributed by atoms with E-state index in [1.54, 1.807) is 10.9 Å². The van der Waals surface area contributed by atoms with Crippen LogP contribution in [0.2, 0.25) is 0 Å². The highest BCUT2D eigenvalue weighted by Gasteiger charge is 2.16. The summed E-state index contributed by atoms with van der Waals surface area (Å²) in [7, 11) is 0. The van der Waals surface area contributed by atoms with Crippen LogP contribution in [0.3, 0.4) is 0 Å². The smallest absolute Gasteiger partial charge is 0.271 e. The van der Waals surface area contributed by atoms with Crippen LogP contribution in [0.15, 0.2) is 65.5 Å². The molecule has 3 aromatic rings. The zero-order chi connectivity index (χ0) is 16.1. The minimum atomic E-state index is -0.191. The summed E-state index contributed by atoms with van der Waals surface area (Å²) in [6.45, 7) is 1.93. The van der Waals surface area contributed by atoms with Crippen LogP contribution in [-0.2, 0) is 0 Å². The first-order valence-corrected chi connectivity index (χ1v) is 8.19. The van der Waals surface area contributed by atoms with Gasteiger partial charge in [-0.15, -0.1) is 11.3 Å². The highest BCUT2D eigenvalue weighted by Crippen LogP contribution is 2.29. The highest BCUT2D eigenvalue weighted by atomic mass is 32.1. The van der Waals surface area contributed by atoms with Crippen molar-refractivity contribution in [2.45, 2.75) is 13.0 Å². The van der Waals surface area contributed by atoms with Crippen LogP contribution in [0.5, 0.6) is 11.5 Å². The van der Waals surface area contributed by atoms with Gasteiger partial charge in [0.1, 0.15) is 17.2 Å². The van der Waals surface area contributed by atoms with Crippen molar-refractivity contribution in [3.05, 3.63) is 76.7 Å². The first-order valence-electron chi connectivity index (χ1n) is 7.25.